The van der Waals surface area contributed by atoms with Crippen molar-refractivity contribution in [1.82, 2.24) is 19.7 Å². The molecule has 0 fully saturated rings. The standard InChI is InChI=1S/C25H25Cl2N5O2S2/c1-5-32-23(16(4)34-21-9-6-14(2)10-15(21)3)30-31-25(32)36-13-22(33)29-24-28-20(12-35-24)18-8-7-17(26)11-19(18)27/h6-12,16H,5,13H2,1-4H3,(H,28,29,33). The summed E-state index contributed by atoms with van der Waals surface area (Å²) in [7, 11) is 0. The van der Waals surface area contributed by atoms with Crippen LogP contribution in [0.3, 0.4) is 0 Å². The van der Waals surface area contributed by atoms with E-state index in [0.717, 1.165) is 16.9 Å². The number of hydrogen-bond acceptors (Lipinski definition) is 7. The van der Waals surface area contributed by atoms with Crippen LogP contribution in [-0.4, -0.2) is 31.4 Å². The van der Waals surface area contributed by atoms with E-state index in [4.69, 9.17) is 27.9 Å². The SMILES string of the molecule is CCn1c(SCC(=O)Nc2nc(-c3ccc(Cl)cc3Cl)cs2)nnc1C(C)Oc1ccc(C)cc1C. The first kappa shape index (κ1) is 26.5. The Kier molecular flexibility index (Phi) is 8.56. The maximum Gasteiger partial charge on any atom is 0.236 e. The third kappa shape index (κ3) is 6.21. The number of nitrogens with zero attached hydrogens (tertiary/aromatic N) is 4. The van der Waals surface area contributed by atoms with Crippen LogP contribution in [0.15, 0.2) is 46.9 Å². The van der Waals surface area contributed by atoms with Crippen LogP contribution in [0, 0.1) is 13.8 Å². The average molecular weight is 563 g/mol. The number of anilines is 1. The van der Waals surface area contributed by atoms with Crippen LogP contribution in [0.2, 0.25) is 10.0 Å². The summed E-state index contributed by atoms with van der Waals surface area (Å²) < 4.78 is 8.13. The molecule has 0 radical (unpaired) electrons. The van der Waals surface area contributed by atoms with Gasteiger partial charge < -0.3 is 14.6 Å². The van der Waals surface area contributed by atoms with Crippen molar-refractivity contribution in [3.05, 3.63) is 68.8 Å². The van der Waals surface area contributed by atoms with Crippen molar-refractivity contribution in [2.75, 3.05) is 11.1 Å². The molecule has 4 aromatic rings. The smallest absolute Gasteiger partial charge is 0.236 e. The number of rotatable bonds is 9. The Morgan fingerprint density at radius 3 is 2.72 bits per heavy atom. The monoisotopic (exact) mass is 561 g/mol. The minimum Gasteiger partial charge on any atom is -0.482 e. The molecule has 2 aromatic carbocycles. The predicted molar refractivity (Wildman–Crippen MR) is 148 cm³/mol. The van der Waals surface area contributed by atoms with Gasteiger partial charge in [0.05, 0.1) is 16.5 Å². The molecule has 0 saturated carbocycles. The summed E-state index contributed by atoms with van der Waals surface area (Å²) in [6.45, 7) is 8.69. The van der Waals surface area contributed by atoms with Gasteiger partial charge in [-0.15, -0.1) is 21.5 Å². The summed E-state index contributed by atoms with van der Waals surface area (Å²) in [5, 5.41) is 15.5. The molecule has 1 atom stereocenters. The molecule has 36 heavy (non-hydrogen) atoms. The van der Waals surface area contributed by atoms with Crippen molar-refractivity contribution >= 4 is 57.3 Å². The highest BCUT2D eigenvalue weighted by atomic mass is 35.5. The van der Waals surface area contributed by atoms with Gasteiger partial charge in [-0.3, -0.25) is 4.79 Å². The Bertz CT molecular complexity index is 1390. The molecule has 0 saturated heterocycles. The third-order valence-electron chi connectivity index (χ3n) is 5.35. The van der Waals surface area contributed by atoms with Crippen molar-refractivity contribution in [3.63, 3.8) is 0 Å². The Balaban J connectivity index is 1.38. The first-order chi connectivity index (χ1) is 17.2. The average Bonchev–Trinajstić information content (AvgIpc) is 3.46. The van der Waals surface area contributed by atoms with E-state index >= 15 is 0 Å². The summed E-state index contributed by atoms with van der Waals surface area (Å²) in [5.74, 6) is 1.51. The van der Waals surface area contributed by atoms with Gasteiger partial charge in [0.1, 0.15) is 5.75 Å². The van der Waals surface area contributed by atoms with Gasteiger partial charge in [-0.05, 0) is 57.5 Å². The number of hydrogen-bond donors (Lipinski definition) is 1. The number of amides is 1. The lowest BCUT2D eigenvalue weighted by molar-refractivity contribution is -0.113. The van der Waals surface area contributed by atoms with Crippen LogP contribution in [0.4, 0.5) is 5.13 Å². The van der Waals surface area contributed by atoms with Crippen LogP contribution >= 0.6 is 46.3 Å². The first-order valence-electron chi connectivity index (χ1n) is 11.3. The molecule has 0 bridgehead atoms. The van der Waals surface area contributed by atoms with E-state index in [2.05, 4.69) is 33.5 Å². The fourth-order valence-corrected chi connectivity index (χ4v) is 5.66. The molecule has 2 heterocycles. The van der Waals surface area contributed by atoms with Crippen molar-refractivity contribution in [3.8, 4) is 17.0 Å². The predicted octanol–water partition coefficient (Wildman–Crippen LogP) is 7.22. The molecule has 0 aliphatic carbocycles. The number of nitrogens with one attached hydrogen (secondary N) is 1. The van der Waals surface area contributed by atoms with Gasteiger partial charge in [-0.25, -0.2) is 4.98 Å². The fraction of sp³-hybridized carbons (Fsp3) is 0.280. The zero-order chi connectivity index (χ0) is 25.8. The number of thiazole rings is 1. The number of carbonyl (C=O) groups is 1. The summed E-state index contributed by atoms with van der Waals surface area (Å²) in [6.07, 6.45) is -0.296. The van der Waals surface area contributed by atoms with E-state index < -0.39 is 0 Å². The first-order valence-corrected chi connectivity index (χ1v) is 13.9. The van der Waals surface area contributed by atoms with Crippen molar-refractivity contribution in [1.29, 1.82) is 0 Å². The number of ether oxygens (including phenoxy) is 1. The zero-order valence-electron chi connectivity index (χ0n) is 20.2. The van der Waals surface area contributed by atoms with Gasteiger partial charge in [0.15, 0.2) is 22.2 Å². The van der Waals surface area contributed by atoms with E-state index in [-0.39, 0.29) is 17.8 Å². The number of aromatic nitrogens is 4. The van der Waals surface area contributed by atoms with Crippen molar-refractivity contribution in [2.45, 2.75) is 45.5 Å². The van der Waals surface area contributed by atoms with E-state index in [1.807, 2.05) is 42.9 Å². The summed E-state index contributed by atoms with van der Waals surface area (Å²) in [5.41, 5.74) is 3.69. The second-order valence-corrected chi connectivity index (χ2v) is 10.8. The van der Waals surface area contributed by atoms with E-state index in [9.17, 15) is 4.79 Å². The lowest BCUT2D eigenvalue weighted by Crippen LogP contribution is -2.15. The normalized spacial score (nSPS) is 11.9. The topological polar surface area (TPSA) is 81.9 Å². The van der Waals surface area contributed by atoms with Crippen LogP contribution in [0.25, 0.3) is 11.3 Å². The number of aryl methyl sites for hydroxylation is 2. The minimum atomic E-state index is -0.296. The zero-order valence-corrected chi connectivity index (χ0v) is 23.4. The largest absolute Gasteiger partial charge is 0.482 e. The Hall–Kier alpha value is -2.59. The molecule has 1 unspecified atom stereocenters. The van der Waals surface area contributed by atoms with E-state index in [1.165, 1.54) is 28.7 Å². The highest BCUT2D eigenvalue weighted by Gasteiger charge is 2.20. The van der Waals surface area contributed by atoms with Gasteiger partial charge in [0.25, 0.3) is 0 Å². The van der Waals surface area contributed by atoms with Gasteiger partial charge in [-0.2, -0.15) is 0 Å². The summed E-state index contributed by atoms with van der Waals surface area (Å²) in [6, 6.07) is 11.3. The number of carbonyl (C=O) groups excluding carboxylic acids is 1. The molecule has 188 valence electrons. The Morgan fingerprint density at radius 2 is 2.00 bits per heavy atom. The molecule has 1 amide bonds. The lowest BCUT2D eigenvalue weighted by Gasteiger charge is -2.17. The molecule has 7 nitrogen and oxygen atoms in total. The maximum absolute atomic E-state index is 12.6. The fourth-order valence-electron chi connectivity index (χ4n) is 3.62. The number of benzene rings is 2. The van der Waals surface area contributed by atoms with Crippen LogP contribution < -0.4 is 10.1 Å². The van der Waals surface area contributed by atoms with E-state index in [0.29, 0.717) is 38.4 Å². The van der Waals surface area contributed by atoms with E-state index in [1.54, 1.807) is 18.2 Å². The third-order valence-corrected chi connectivity index (χ3v) is 7.62. The van der Waals surface area contributed by atoms with Crippen LogP contribution in [-0.2, 0) is 11.3 Å². The van der Waals surface area contributed by atoms with Gasteiger partial charge >= 0.3 is 0 Å². The molecule has 0 aliphatic rings. The maximum atomic E-state index is 12.6. The summed E-state index contributed by atoms with van der Waals surface area (Å²) in [4.78, 5) is 17.1. The molecule has 11 heteroatoms. The lowest BCUT2D eigenvalue weighted by atomic mass is 10.1. The Morgan fingerprint density at radius 1 is 1.19 bits per heavy atom. The summed E-state index contributed by atoms with van der Waals surface area (Å²) >= 11 is 14.9. The molecule has 0 aliphatic heterocycles. The molecule has 1 N–H and O–H groups in total. The van der Waals surface area contributed by atoms with Crippen LogP contribution in [0.5, 0.6) is 5.75 Å². The Labute approximate surface area is 228 Å². The quantitative estimate of drug-likeness (QED) is 0.217. The highest BCUT2D eigenvalue weighted by molar-refractivity contribution is 7.99. The number of thioether (sulfide) groups is 1. The molecular weight excluding hydrogens is 537 g/mol. The van der Waals surface area contributed by atoms with Crippen molar-refractivity contribution < 1.29 is 9.53 Å². The second kappa shape index (κ2) is 11.6. The number of halogens is 2. The highest BCUT2D eigenvalue weighted by Crippen LogP contribution is 2.32. The molecule has 2 aromatic heterocycles. The minimum absolute atomic E-state index is 0.168. The second-order valence-electron chi connectivity index (χ2n) is 8.11. The molecular formula is C25H25Cl2N5O2S2. The van der Waals surface area contributed by atoms with Crippen molar-refractivity contribution in [2.24, 2.45) is 0 Å². The van der Waals surface area contributed by atoms with Crippen LogP contribution in [0.1, 0.15) is 36.9 Å². The van der Waals surface area contributed by atoms with Gasteiger partial charge in [-0.1, -0.05) is 52.7 Å². The van der Waals surface area contributed by atoms with Gasteiger partial charge in [0, 0.05) is 22.5 Å². The van der Waals surface area contributed by atoms with Gasteiger partial charge in [0.2, 0.25) is 5.91 Å². The molecule has 4 rings (SSSR count). The molecule has 0 spiro atoms.